The van der Waals surface area contributed by atoms with Gasteiger partial charge in [0.15, 0.2) is 4.34 Å². The van der Waals surface area contributed by atoms with E-state index < -0.39 is 5.91 Å². The molecule has 10 heteroatoms. The fourth-order valence-electron chi connectivity index (χ4n) is 2.57. The minimum absolute atomic E-state index is 0.178. The van der Waals surface area contributed by atoms with Crippen LogP contribution in [0.25, 0.3) is 0 Å². The normalized spacial score (nSPS) is 13.4. The van der Waals surface area contributed by atoms with Crippen molar-refractivity contribution in [2.75, 3.05) is 23.4 Å². The van der Waals surface area contributed by atoms with Crippen molar-refractivity contribution in [1.29, 1.82) is 0 Å². The molecule has 2 aromatic heterocycles. The first-order valence-corrected chi connectivity index (χ1v) is 10.1. The molecule has 0 unspecified atom stereocenters. The van der Waals surface area contributed by atoms with Crippen LogP contribution in [-0.2, 0) is 17.6 Å². The SMILES string of the molecule is CNc1nnc(SCC(=O)Nc2sc3c(c2C(N)=O)CCCC3)s1. The maximum absolute atomic E-state index is 12.2. The number of nitrogens with one attached hydrogen (secondary N) is 2. The first-order chi connectivity index (χ1) is 11.6. The number of carbonyl (C=O) groups excluding carboxylic acids is 2. The van der Waals surface area contributed by atoms with Gasteiger partial charge in [-0.3, -0.25) is 9.59 Å². The van der Waals surface area contributed by atoms with E-state index in [9.17, 15) is 9.59 Å². The van der Waals surface area contributed by atoms with Gasteiger partial charge in [-0.2, -0.15) is 0 Å². The Hall–Kier alpha value is -1.65. The van der Waals surface area contributed by atoms with Gasteiger partial charge in [0.25, 0.3) is 5.91 Å². The van der Waals surface area contributed by atoms with E-state index in [2.05, 4.69) is 20.8 Å². The van der Waals surface area contributed by atoms with Crippen LogP contribution in [0.15, 0.2) is 4.34 Å². The summed E-state index contributed by atoms with van der Waals surface area (Å²) in [5.74, 6) is -0.443. The van der Waals surface area contributed by atoms with E-state index in [1.807, 2.05) is 0 Å². The number of fused-ring (bicyclic) bond motifs is 1. The summed E-state index contributed by atoms with van der Waals surface area (Å²) in [5.41, 5.74) is 7.04. The van der Waals surface area contributed by atoms with Crippen LogP contribution in [0.3, 0.4) is 0 Å². The lowest BCUT2D eigenvalue weighted by molar-refractivity contribution is -0.113. The molecule has 2 heterocycles. The Balaban J connectivity index is 1.67. The average Bonchev–Trinajstić information content (AvgIpc) is 3.16. The summed E-state index contributed by atoms with van der Waals surface area (Å²) < 4.78 is 0.718. The zero-order chi connectivity index (χ0) is 17.1. The van der Waals surface area contributed by atoms with E-state index in [0.29, 0.717) is 15.7 Å². The van der Waals surface area contributed by atoms with E-state index in [4.69, 9.17) is 5.73 Å². The first-order valence-electron chi connectivity index (χ1n) is 7.46. The van der Waals surface area contributed by atoms with Crippen LogP contribution in [0, 0.1) is 0 Å². The second kappa shape index (κ2) is 7.49. The second-order valence-corrected chi connectivity index (χ2v) is 8.54. The molecule has 0 aromatic carbocycles. The fraction of sp³-hybridized carbons (Fsp3) is 0.429. The fourth-order valence-corrected chi connectivity index (χ4v) is 5.39. The minimum atomic E-state index is -0.472. The number of nitrogens with two attached hydrogens (primary N) is 1. The quantitative estimate of drug-likeness (QED) is 0.661. The van der Waals surface area contributed by atoms with Gasteiger partial charge < -0.3 is 16.4 Å². The number of rotatable bonds is 6. The molecule has 1 aliphatic carbocycles. The van der Waals surface area contributed by atoms with Crippen LogP contribution >= 0.6 is 34.4 Å². The van der Waals surface area contributed by atoms with Crippen molar-refractivity contribution in [1.82, 2.24) is 10.2 Å². The number of aromatic nitrogens is 2. The van der Waals surface area contributed by atoms with Gasteiger partial charge in [-0.25, -0.2) is 0 Å². The highest BCUT2D eigenvalue weighted by Crippen LogP contribution is 2.38. The maximum atomic E-state index is 12.2. The molecule has 0 atom stereocenters. The van der Waals surface area contributed by atoms with E-state index in [0.717, 1.165) is 35.6 Å². The molecule has 0 spiro atoms. The van der Waals surface area contributed by atoms with Crippen molar-refractivity contribution in [3.8, 4) is 0 Å². The highest BCUT2D eigenvalue weighted by molar-refractivity contribution is 8.01. The van der Waals surface area contributed by atoms with E-state index >= 15 is 0 Å². The molecule has 0 bridgehead atoms. The third-order valence-corrected chi connectivity index (χ3v) is 6.90. The first kappa shape index (κ1) is 17.2. The number of hydrogen-bond acceptors (Lipinski definition) is 8. The van der Waals surface area contributed by atoms with Gasteiger partial charge in [0.1, 0.15) is 5.00 Å². The second-order valence-electron chi connectivity index (χ2n) is 5.24. The summed E-state index contributed by atoms with van der Waals surface area (Å²) in [6.07, 6.45) is 3.96. The molecule has 0 aliphatic heterocycles. The van der Waals surface area contributed by atoms with Crippen molar-refractivity contribution in [2.24, 2.45) is 5.73 Å². The number of nitrogens with zero attached hydrogens (tertiary/aromatic N) is 2. The number of thioether (sulfide) groups is 1. The summed E-state index contributed by atoms with van der Waals surface area (Å²) in [6.45, 7) is 0. The third-order valence-electron chi connectivity index (χ3n) is 3.62. The molecule has 0 saturated carbocycles. The van der Waals surface area contributed by atoms with Gasteiger partial charge in [-0.15, -0.1) is 21.5 Å². The van der Waals surface area contributed by atoms with Crippen molar-refractivity contribution in [3.05, 3.63) is 16.0 Å². The van der Waals surface area contributed by atoms with Crippen LogP contribution in [0.1, 0.15) is 33.6 Å². The van der Waals surface area contributed by atoms with Crippen LogP contribution in [-0.4, -0.2) is 34.8 Å². The monoisotopic (exact) mass is 383 g/mol. The Labute approximate surface area is 151 Å². The van der Waals surface area contributed by atoms with Crippen molar-refractivity contribution >= 4 is 56.4 Å². The van der Waals surface area contributed by atoms with Crippen LogP contribution < -0.4 is 16.4 Å². The number of thiophene rings is 1. The highest BCUT2D eigenvalue weighted by atomic mass is 32.2. The molecule has 0 saturated heterocycles. The lowest BCUT2D eigenvalue weighted by Gasteiger charge is -2.11. The third kappa shape index (κ3) is 3.70. The molecule has 24 heavy (non-hydrogen) atoms. The van der Waals surface area contributed by atoms with E-state index in [-0.39, 0.29) is 11.7 Å². The summed E-state index contributed by atoms with van der Waals surface area (Å²) >= 11 is 4.17. The highest BCUT2D eigenvalue weighted by Gasteiger charge is 2.25. The molecule has 0 fully saturated rings. The predicted octanol–water partition coefficient (Wildman–Crippen LogP) is 2.35. The maximum Gasteiger partial charge on any atom is 0.251 e. The summed E-state index contributed by atoms with van der Waals surface area (Å²) in [5, 5.41) is 14.9. The van der Waals surface area contributed by atoms with E-state index in [1.54, 1.807) is 7.05 Å². The average molecular weight is 384 g/mol. The molecular weight excluding hydrogens is 366 g/mol. The molecule has 1 aliphatic rings. The van der Waals surface area contributed by atoms with Gasteiger partial charge in [0.05, 0.1) is 11.3 Å². The summed E-state index contributed by atoms with van der Waals surface area (Å²) in [6, 6.07) is 0. The van der Waals surface area contributed by atoms with E-state index in [1.165, 1.54) is 39.3 Å². The van der Waals surface area contributed by atoms with Gasteiger partial charge in [-0.05, 0) is 31.2 Å². The summed E-state index contributed by atoms with van der Waals surface area (Å²) in [7, 11) is 1.77. The molecule has 7 nitrogen and oxygen atoms in total. The lowest BCUT2D eigenvalue weighted by atomic mass is 9.95. The Morgan fingerprint density at radius 1 is 1.25 bits per heavy atom. The number of amides is 2. The Morgan fingerprint density at radius 3 is 2.75 bits per heavy atom. The van der Waals surface area contributed by atoms with Crippen molar-refractivity contribution in [3.63, 3.8) is 0 Å². The molecule has 0 radical (unpaired) electrons. The molecule has 4 N–H and O–H groups in total. The minimum Gasteiger partial charge on any atom is -0.365 e. The van der Waals surface area contributed by atoms with Crippen LogP contribution in [0.4, 0.5) is 10.1 Å². The molecule has 3 rings (SSSR count). The Bertz CT molecular complexity index is 771. The number of hydrogen-bond donors (Lipinski definition) is 3. The van der Waals surface area contributed by atoms with Crippen LogP contribution in [0.5, 0.6) is 0 Å². The largest absolute Gasteiger partial charge is 0.365 e. The number of anilines is 2. The Kier molecular flexibility index (Phi) is 5.36. The van der Waals surface area contributed by atoms with Gasteiger partial charge in [0.2, 0.25) is 11.0 Å². The lowest BCUT2D eigenvalue weighted by Crippen LogP contribution is -2.19. The van der Waals surface area contributed by atoms with Gasteiger partial charge in [-0.1, -0.05) is 23.1 Å². The smallest absolute Gasteiger partial charge is 0.251 e. The van der Waals surface area contributed by atoms with Crippen molar-refractivity contribution < 1.29 is 9.59 Å². The molecule has 2 aromatic rings. The molecular formula is C14H17N5O2S3. The Morgan fingerprint density at radius 2 is 2.04 bits per heavy atom. The number of aryl methyl sites for hydroxylation is 1. The van der Waals surface area contributed by atoms with Gasteiger partial charge in [0, 0.05) is 11.9 Å². The zero-order valence-corrected chi connectivity index (χ0v) is 15.5. The number of primary amides is 1. The standard InChI is InChI=1S/C14H17N5O2S3/c1-16-13-18-19-14(24-13)22-6-9(20)17-12-10(11(15)21)7-4-2-3-5-8(7)23-12/h2-6H2,1H3,(H2,15,21)(H,16,18)(H,17,20). The van der Waals surface area contributed by atoms with Crippen molar-refractivity contribution in [2.45, 2.75) is 30.0 Å². The van der Waals surface area contributed by atoms with Crippen LogP contribution in [0.2, 0.25) is 0 Å². The summed E-state index contributed by atoms with van der Waals surface area (Å²) in [4.78, 5) is 25.2. The zero-order valence-electron chi connectivity index (χ0n) is 13.0. The molecule has 2 amide bonds. The topological polar surface area (TPSA) is 110 Å². The van der Waals surface area contributed by atoms with Gasteiger partial charge >= 0.3 is 0 Å². The molecule has 128 valence electrons. The predicted molar refractivity (Wildman–Crippen MR) is 98.3 cm³/mol. The number of carbonyl (C=O) groups is 2.